The number of nitrogens with zero attached hydrogens (tertiary/aromatic N) is 3. The molecule has 104 valence electrons. The molecular weight excluding hydrogens is 243 g/mol. The first-order chi connectivity index (χ1) is 9.22. The molecule has 0 radical (unpaired) electrons. The summed E-state index contributed by atoms with van der Waals surface area (Å²) in [7, 11) is 0. The maximum absolute atomic E-state index is 13.9. The Morgan fingerprint density at radius 1 is 1.26 bits per heavy atom. The summed E-state index contributed by atoms with van der Waals surface area (Å²) in [5.74, 6) is 4.87. The molecule has 19 heavy (non-hydrogen) atoms. The Bertz CT molecular complexity index is 439. The van der Waals surface area contributed by atoms with Gasteiger partial charge >= 0.3 is 0 Å². The van der Waals surface area contributed by atoms with Crippen LogP contribution in [0.2, 0.25) is 0 Å². The van der Waals surface area contributed by atoms with Crippen LogP contribution < -0.4 is 5.84 Å². The normalized spacial score (nSPS) is 18.2. The minimum absolute atomic E-state index is 0.185. The van der Waals surface area contributed by atoms with Gasteiger partial charge in [-0.05, 0) is 18.2 Å². The summed E-state index contributed by atoms with van der Waals surface area (Å²) in [6.07, 6.45) is 1.45. The van der Waals surface area contributed by atoms with Crippen LogP contribution >= 0.6 is 0 Å². The first-order valence-electron chi connectivity index (χ1n) is 6.69. The molecule has 0 aromatic heterocycles. The van der Waals surface area contributed by atoms with Gasteiger partial charge in [0.25, 0.3) is 0 Å². The van der Waals surface area contributed by atoms with Crippen LogP contribution in [0.5, 0.6) is 0 Å². The van der Waals surface area contributed by atoms with Gasteiger partial charge in [-0.15, -0.1) is 0 Å². The smallest absolute Gasteiger partial charge is 0.128 e. The minimum Gasteiger partial charge on any atom is -0.323 e. The molecule has 2 N–H and O–H groups in total. The van der Waals surface area contributed by atoms with E-state index in [9.17, 15) is 4.39 Å². The van der Waals surface area contributed by atoms with E-state index in [1.54, 1.807) is 0 Å². The van der Waals surface area contributed by atoms with Crippen LogP contribution in [0, 0.1) is 5.82 Å². The predicted octanol–water partition coefficient (Wildman–Crippen LogP) is 1.26. The van der Waals surface area contributed by atoms with Crippen molar-refractivity contribution in [3.05, 3.63) is 35.1 Å². The third kappa shape index (κ3) is 3.75. The van der Waals surface area contributed by atoms with Gasteiger partial charge in [-0.25, -0.2) is 4.39 Å². The van der Waals surface area contributed by atoms with Gasteiger partial charge in [-0.3, -0.25) is 4.90 Å². The van der Waals surface area contributed by atoms with Gasteiger partial charge in [0.2, 0.25) is 0 Å². The zero-order valence-corrected chi connectivity index (χ0v) is 11.3. The summed E-state index contributed by atoms with van der Waals surface area (Å²) in [6.45, 7) is 8.07. The summed E-state index contributed by atoms with van der Waals surface area (Å²) in [6, 6.07) is 5.14. The van der Waals surface area contributed by atoms with Gasteiger partial charge in [0.15, 0.2) is 0 Å². The maximum Gasteiger partial charge on any atom is 0.128 e. The Balaban J connectivity index is 1.96. The Kier molecular flexibility index (Phi) is 4.87. The standard InChI is InChI=1S/C14H21FN4/c1-2-18-5-7-19(8-6-18)11-13-4-3-12(10-17-16)9-14(13)15/h3-4,9-10H,2,5-8,11,16H2,1H3. The molecule has 0 spiro atoms. The van der Waals surface area contributed by atoms with Gasteiger partial charge in [0, 0.05) is 38.3 Å². The second-order valence-electron chi connectivity index (χ2n) is 4.84. The molecule has 1 heterocycles. The molecule has 1 saturated heterocycles. The van der Waals surface area contributed by atoms with Crippen LogP contribution in [0.15, 0.2) is 23.3 Å². The Morgan fingerprint density at radius 2 is 1.95 bits per heavy atom. The molecule has 0 saturated carbocycles. The van der Waals surface area contributed by atoms with Crippen molar-refractivity contribution < 1.29 is 4.39 Å². The SMILES string of the molecule is CCN1CCN(Cc2ccc(C=NN)cc2F)CC1. The zero-order valence-electron chi connectivity index (χ0n) is 11.3. The highest BCUT2D eigenvalue weighted by atomic mass is 19.1. The molecule has 0 amide bonds. The van der Waals surface area contributed by atoms with Crippen LogP contribution in [-0.2, 0) is 6.54 Å². The monoisotopic (exact) mass is 264 g/mol. The van der Waals surface area contributed by atoms with Gasteiger partial charge in [-0.1, -0.05) is 19.1 Å². The summed E-state index contributed by atoms with van der Waals surface area (Å²) in [5.41, 5.74) is 1.43. The molecular formula is C14H21FN4. The van der Waals surface area contributed by atoms with Crippen molar-refractivity contribution in [1.29, 1.82) is 0 Å². The number of likely N-dealkylation sites (N-methyl/N-ethyl adjacent to an activating group) is 1. The molecule has 4 nitrogen and oxygen atoms in total. The second-order valence-corrected chi connectivity index (χ2v) is 4.84. The average molecular weight is 264 g/mol. The van der Waals surface area contributed by atoms with E-state index in [0.29, 0.717) is 12.1 Å². The van der Waals surface area contributed by atoms with E-state index in [-0.39, 0.29) is 5.82 Å². The third-order valence-electron chi connectivity index (χ3n) is 3.61. The summed E-state index contributed by atoms with van der Waals surface area (Å²) < 4.78 is 13.9. The van der Waals surface area contributed by atoms with Crippen molar-refractivity contribution in [2.24, 2.45) is 10.9 Å². The minimum atomic E-state index is -0.185. The van der Waals surface area contributed by atoms with E-state index in [4.69, 9.17) is 5.84 Å². The van der Waals surface area contributed by atoms with Crippen molar-refractivity contribution >= 4 is 6.21 Å². The maximum atomic E-state index is 13.9. The quantitative estimate of drug-likeness (QED) is 0.506. The number of rotatable bonds is 4. The van der Waals surface area contributed by atoms with E-state index in [0.717, 1.165) is 38.3 Å². The van der Waals surface area contributed by atoms with E-state index >= 15 is 0 Å². The lowest BCUT2D eigenvalue weighted by Gasteiger charge is -2.34. The highest BCUT2D eigenvalue weighted by molar-refractivity contribution is 5.79. The summed E-state index contributed by atoms with van der Waals surface area (Å²) in [4.78, 5) is 4.70. The fourth-order valence-corrected chi connectivity index (χ4v) is 2.36. The largest absolute Gasteiger partial charge is 0.323 e. The molecule has 1 fully saturated rings. The average Bonchev–Trinajstić information content (AvgIpc) is 2.43. The van der Waals surface area contributed by atoms with Gasteiger partial charge in [0.1, 0.15) is 5.82 Å². The highest BCUT2D eigenvalue weighted by Gasteiger charge is 2.16. The van der Waals surface area contributed by atoms with Crippen LogP contribution in [-0.4, -0.2) is 48.7 Å². The lowest BCUT2D eigenvalue weighted by atomic mass is 10.1. The number of hydrogen-bond donors (Lipinski definition) is 1. The van der Waals surface area contributed by atoms with Crippen LogP contribution in [0.3, 0.4) is 0 Å². The van der Waals surface area contributed by atoms with Crippen LogP contribution in [0.1, 0.15) is 18.1 Å². The van der Waals surface area contributed by atoms with Crippen LogP contribution in [0.4, 0.5) is 4.39 Å². The second kappa shape index (κ2) is 6.63. The summed E-state index contributed by atoms with van der Waals surface area (Å²) in [5, 5.41) is 3.40. The van der Waals surface area contributed by atoms with Gasteiger partial charge in [-0.2, -0.15) is 5.10 Å². The fourth-order valence-electron chi connectivity index (χ4n) is 2.36. The van der Waals surface area contributed by atoms with E-state index < -0.39 is 0 Å². The topological polar surface area (TPSA) is 44.9 Å². The molecule has 1 aliphatic rings. The molecule has 2 rings (SSSR count). The van der Waals surface area contributed by atoms with E-state index in [1.807, 2.05) is 12.1 Å². The number of hydrazone groups is 1. The Morgan fingerprint density at radius 3 is 2.53 bits per heavy atom. The van der Waals surface area contributed by atoms with Crippen molar-refractivity contribution in [2.75, 3.05) is 32.7 Å². The first kappa shape index (κ1) is 14.0. The van der Waals surface area contributed by atoms with E-state index in [1.165, 1.54) is 12.3 Å². The summed E-state index contributed by atoms with van der Waals surface area (Å²) >= 11 is 0. The lowest BCUT2D eigenvalue weighted by molar-refractivity contribution is 0.131. The number of benzene rings is 1. The third-order valence-corrected chi connectivity index (χ3v) is 3.61. The zero-order chi connectivity index (χ0) is 13.7. The number of hydrogen-bond acceptors (Lipinski definition) is 4. The van der Waals surface area contributed by atoms with Crippen molar-refractivity contribution in [3.63, 3.8) is 0 Å². The molecule has 5 heteroatoms. The van der Waals surface area contributed by atoms with Crippen molar-refractivity contribution in [2.45, 2.75) is 13.5 Å². The molecule has 0 unspecified atom stereocenters. The fraction of sp³-hybridized carbons (Fsp3) is 0.500. The molecule has 1 aromatic rings. The van der Waals surface area contributed by atoms with E-state index in [2.05, 4.69) is 21.8 Å². The molecule has 0 atom stereocenters. The Hall–Kier alpha value is -1.46. The van der Waals surface area contributed by atoms with Gasteiger partial charge < -0.3 is 10.7 Å². The molecule has 0 aliphatic carbocycles. The molecule has 1 aromatic carbocycles. The first-order valence-corrected chi connectivity index (χ1v) is 6.69. The number of piperazine rings is 1. The highest BCUT2D eigenvalue weighted by Crippen LogP contribution is 2.13. The molecule has 0 bridgehead atoms. The Labute approximate surface area is 113 Å². The number of nitrogens with two attached hydrogens (primary N) is 1. The van der Waals surface area contributed by atoms with Crippen molar-refractivity contribution in [3.8, 4) is 0 Å². The number of halogens is 1. The van der Waals surface area contributed by atoms with Crippen LogP contribution in [0.25, 0.3) is 0 Å². The van der Waals surface area contributed by atoms with Crippen molar-refractivity contribution in [1.82, 2.24) is 9.80 Å². The molecule has 1 aliphatic heterocycles. The lowest BCUT2D eigenvalue weighted by Crippen LogP contribution is -2.45. The van der Waals surface area contributed by atoms with Gasteiger partial charge in [0.05, 0.1) is 6.21 Å². The predicted molar refractivity (Wildman–Crippen MR) is 75.6 cm³/mol.